The summed E-state index contributed by atoms with van der Waals surface area (Å²) < 4.78 is 68.1. The van der Waals surface area contributed by atoms with E-state index in [2.05, 4.69) is 0 Å². The first-order valence-electron chi connectivity index (χ1n) is 2.92. The van der Waals surface area contributed by atoms with Gasteiger partial charge in [0.25, 0.3) is 0 Å². The molecule has 12 heavy (non-hydrogen) atoms. The predicted molar refractivity (Wildman–Crippen MR) is 27.4 cm³/mol. The van der Waals surface area contributed by atoms with Crippen molar-refractivity contribution in [2.45, 2.75) is 31.3 Å². The first-order chi connectivity index (χ1) is 5.10. The van der Waals surface area contributed by atoms with E-state index in [1.807, 2.05) is 0 Å². The lowest BCUT2D eigenvalue weighted by atomic mass is 10.2. The Morgan fingerprint density at radius 1 is 0.833 bits per heavy atom. The zero-order valence-corrected chi connectivity index (χ0v) is 5.71. The molecule has 0 aliphatic heterocycles. The van der Waals surface area contributed by atoms with E-state index in [1.54, 1.807) is 0 Å². The molecule has 7 heteroatoms. The van der Waals surface area contributed by atoms with Crippen molar-refractivity contribution in [1.82, 2.24) is 0 Å². The van der Waals surface area contributed by atoms with Crippen LogP contribution in [0.4, 0.5) is 26.3 Å². The number of alkyl halides is 6. The Balaban J connectivity index is 3.83. The monoisotopic (exact) mass is 196 g/mol. The minimum absolute atomic E-state index is 1.83. The van der Waals surface area contributed by atoms with Gasteiger partial charge in [-0.3, -0.25) is 0 Å². The Kier molecular flexibility index (Phi) is 3.37. The molecule has 0 rings (SSSR count). The highest BCUT2D eigenvalue weighted by Crippen LogP contribution is 2.28. The van der Waals surface area contributed by atoms with Crippen molar-refractivity contribution in [3.05, 3.63) is 0 Å². The van der Waals surface area contributed by atoms with Crippen LogP contribution in [0.5, 0.6) is 0 Å². The van der Waals surface area contributed by atoms with Crippen LogP contribution in [0.25, 0.3) is 0 Å². The van der Waals surface area contributed by atoms with Crippen LogP contribution in [-0.2, 0) is 0 Å². The highest BCUT2D eigenvalue weighted by Gasteiger charge is 2.37. The standard InChI is InChI=1S/C5H6F6O/c6-4(7,8)1-3(12)2-5(9,10)11/h3,12H,1-2H2. The molecule has 0 atom stereocenters. The summed E-state index contributed by atoms with van der Waals surface area (Å²) in [6, 6.07) is 0. The fraction of sp³-hybridized carbons (Fsp3) is 1.00. The molecule has 0 saturated carbocycles. The molecule has 0 aromatic heterocycles. The predicted octanol–water partition coefficient (Wildman–Crippen LogP) is 2.25. The number of aliphatic hydroxyl groups excluding tert-OH is 1. The molecule has 0 saturated heterocycles. The second-order valence-electron chi connectivity index (χ2n) is 2.29. The SMILES string of the molecule is OC(CC(F)(F)F)CC(F)(F)F. The average Bonchev–Trinajstić information content (AvgIpc) is 1.49. The quantitative estimate of drug-likeness (QED) is 0.671. The Bertz CT molecular complexity index is 120. The van der Waals surface area contributed by atoms with Crippen molar-refractivity contribution in [2.24, 2.45) is 0 Å². The van der Waals surface area contributed by atoms with E-state index >= 15 is 0 Å². The normalized spacial score (nSPS) is 14.0. The minimum atomic E-state index is -4.76. The highest BCUT2D eigenvalue weighted by atomic mass is 19.4. The third-order valence-electron chi connectivity index (χ3n) is 0.934. The minimum Gasteiger partial charge on any atom is -0.392 e. The summed E-state index contributed by atoms with van der Waals surface area (Å²) in [5, 5.41) is 8.28. The largest absolute Gasteiger partial charge is 0.392 e. The first-order valence-corrected chi connectivity index (χ1v) is 2.92. The van der Waals surface area contributed by atoms with E-state index in [4.69, 9.17) is 5.11 Å². The van der Waals surface area contributed by atoms with E-state index in [0.717, 1.165) is 0 Å². The van der Waals surface area contributed by atoms with Gasteiger partial charge in [-0.05, 0) is 0 Å². The lowest BCUT2D eigenvalue weighted by molar-refractivity contribution is -0.185. The Hall–Kier alpha value is -0.460. The zero-order valence-electron chi connectivity index (χ0n) is 5.71. The van der Waals surface area contributed by atoms with Gasteiger partial charge in [0.15, 0.2) is 0 Å². The summed E-state index contributed by atoms with van der Waals surface area (Å²) in [5.41, 5.74) is 0. The molecule has 0 radical (unpaired) electrons. The third-order valence-corrected chi connectivity index (χ3v) is 0.934. The molecule has 0 unspecified atom stereocenters. The fourth-order valence-corrected chi connectivity index (χ4v) is 0.607. The van der Waals surface area contributed by atoms with Gasteiger partial charge in [0.2, 0.25) is 0 Å². The first kappa shape index (κ1) is 11.5. The van der Waals surface area contributed by atoms with Crippen LogP contribution in [0.15, 0.2) is 0 Å². The van der Waals surface area contributed by atoms with Crippen LogP contribution < -0.4 is 0 Å². The van der Waals surface area contributed by atoms with Gasteiger partial charge < -0.3 is 5.11 Å². The summed E-state index contributed by atoms with van der Waals surface area (Å²) in [5.74, 6) is 0. The van der Waals surface area contributed by atoms with E-state index < -0.39 is 31.3 Å². The fourth-order valence-electron chi connectivity index (χ4n) is 0.607. The third kappa shape index (κ3) is 7.64. The van der Waals surface area contributed by atoms with Crippen LogP contribution in [0, 0.1) is 0 Å². The summed E-state index contributed by atoms with van der Waals surface area (Å²) in [6.07, 6.45) is -15.6. The van der Waals surface area contributed by atoms with Gasteiger partial charge in [0.1, 0.15) is 0 Å². The summed E-state index contributed by atoms with van der Waals surface area (Å²) in [4.78, 5) is 0. The molecule has 1 N–H and O–H groups in total. The topological polar surface area (TPSA) is 20.2 Å². The second kappa shape index (κ2) is 3.51. The molecule has 0 aliphatic carbocycles. The van der Waals surface area contributed by atoms with E-state index in [-0.39, 0.29) is 0 Å². The molecule has 0 bridgehead atoms. The molecule has 0 fully saturated rings. The van der Waals surface area contributed by atoms with E-state index in [0.29, 0.717) is 0 Å². The van der Waals surface area contributed by atoms with Crippen molar-refractivity contribution in [3.8, 4) is 0 Å². The Morgan fingerprint density at radius 2 is 1.08 bits per heavy atom. The van der Waals surface area contributed by atoms with Gasteiger partial charge >= 0.3 is 12.4 Å². The molecular weight excluding hydrogens is 190 g/mol. The molecule has 0 aromatic carbocycles. The van der Waals surface area contributed by atoms with Crippen molar-refractivity contribution >= 4 is 0 Å². The van der Waals surface area contributed by atoms with Gasteiger partial charge in [-0.15, -0.1) is 0 Å². The Labute approximate surface area is 64.0 Å². The van der Waals surface area contributed by atoms with Crippen molar-refractivity contribution in [2.75, 3.05) is 0 Å². The number of hydrogen-bond acceptors (Lipinski definition) is 1. The molecule has 0 heterocycles. The smallest absolute Gasteiger partial charge is 0.391 e. The molecular formula is C5H6F6O. The maximum Gasteiger partial charge on any atom is 0.391 e. The van der Waals surface area contributed by atoms with Gasteiger partial charge in [-0.1, -0.05) is 0 Å². The molecule has 0 amide bonds. The molecule has 0 spiro atoms. The number of rotatable bonds is 2. The van der Waals surface area contributed by atoms with Crippen molar-refractivity contribution < 1.29 is 31.4 Å². The van der Waals surface area contributed by atoms with Crippen LogP contribution >= 0.6 is 0 Å². The average molecular weight is 196 g/mol. The molecule has 0 aliphatic rings. The van der Waals surface area contributed by atoms with Gasteiger partial charge in [-0.25, -0.2) is 0 Å². The van der Waals surface area contributed by atoms with Crippen molar-refractivity contribution in [1.29, 1.82) is 0 Å². The zero-order chi connectivity index (χ0) is 9.99. The van der Waals surface area contributed by atoms with Crippen LogP contribution in [0.2, 0.25) is 0 Å². The van der Waals surface area contributed by atoms with Gasteiger partial charge in [0.05, 0.1) is 18.9 Å². The van der Waals surface area contributed by atoms with Crippen molar-refractivity contribution in [3.63, 3.8) is 0 Å². The van der Waals surface area contributed by atoms with Crippen LogP contribution in [-0.4, -0.2) is 23.6 Å². The molecule has 74 valence electrons. The maximum absolute atomic E-state index is 11.4. The number of aliphatic hydroxyl groups is 1. The summed E-state index contributed by atoms with van der Waals surface area (Å²) in [7, 11) is 0. The Morgan fingerprint density at radius 3 is 1.25 bits per heavy atom. The molecule has 1 nitrogen and oxygen atoms in total. The highest BCUT2D eigenvalue weighted by molar-refractivity contribution is 4.65. The maximum atomic E-state index is 11.4. The lowest BCUT2D eigenvalue weighted by Gasteiger charge is -2.14. The number of halogens is 6. The number of hydrogen-bond donors (Lipinski definition) is 1. The second-order valence-corrected chi connectivity index (χ2v) is 2.29. The van der Waals surface area contributed by atoms with Gasteiger partial charge in [0, 0.05) is 0 Å². The van der Waals surface area contributed by atoms with E-state index in [9.17, 15) is 26.3 Å². The summed E-state index contributed by atoms with van der Waals surface area (Å²) in [6.45, 7) is 0. The lowest BCUT2D eigenvalue weighted by Crippen LogP contribution is -2.25. The van der Waals surface area contributed by atoms with Crippen LogP contribution in [0.3, 0.4) is 0 Å². The summed E-state index contributed by atoms with van der Waals surface area (Å²) >= 11 is 0. The molecule has 0 aromatic rings. The van der Waals surface area contributed by atoms with Gasteiger partial charge in [-0.2, -0.15) is 26.3 Å². The van der Waals surface area contributed by atoms with Crippen LogP contribution in [0.1, 0.15) is 12.8 Å². The van der Waals surface area contributed by atoms with E-state index in [1.165, 1.54) is 0 Å².